The van der Waals surface area contributed by atoms with Crippen LogP contribution >= 0.6 is 23.1 Å². The minimum Gasteiger partial charge on any atom is -0.480 e. The van der Waals surface area contributed by atoms with Crippen molar-refractivity contribution in [1.29, 1.82) is 0 Å². The van der Waals surface area contributed by atoms with E-state index in [1.54, 1.807) is 39.0 Å². The highest BCUT2D eigenvalue weighted by molar-refractivity contribution is 9.10. The van der Waals surface area contributed by atoms with Crippen LogP contribution in [0.4, 0.5) is 36.3 Å². The van der Waals surface area contributed by atoms with Gasteiger partial charge in [-0.2, -0.15) is 18.2 Å². The second kappa shape index (κ2) is 17.5. The molecule has 0 bridgehead atoms. The highest BCUT2D eigenvalue weighted by Crippen LogP contribution is 2.41. The summed E-state index contributed by atoms with van der Waals surface area (Å²) in [7, 11) is -1.09. The van der Waals surface area contributed by atoms with Crippen LogP contribution in [-0.4, -0.2) is 99.7 Å². The van der Waals surface area contributed by atoms with Crippen molar-refractivity contribution in [3.8, 4) is 5.88 Å². The summed E-state index contributed by atoms with van der Waals surface area (Å²) in [6.45, 7) is 10.1. The van der Waals surface area contributed by atoms with Gasteiger partial charge in [0.05, 0.1) is 33.8 Å². The van der Waals surface area contributed by atoms with Gasteiger partial charge in [0.2, 0.25) is 11.8 Å². The van der Waals surface area contributed by atoms with E-state index in [0.29, 0.717) is 61.8 Å². The fraction of sp³-hybridized carbons (Fsp3) is 0.486. The number of carboxylic acids is 1. The molecule has 1 atom stereocenters. The second-order valence-electron chi connectivity index (χ2n) is 13.3. The van der Waals surface area contributed by atoms with Gasteiger partial charge >= 0.3 is 12.1 Å². The lowest BCUT2D eigenvalue weighted by Gasteiger charge is -2.37. The number of benzene rings is 1. The third kappa shape index (κ3) is 10.2. The molecule has 4 N–H and O–H groups in total. The van der Waals surface area contributed by atoms with E-state index in [0.717, 1.165) is 51.1 Å². The van der Waals surface area contributed by atoms with E-state index in [1.165, 1.54) is 24.8 Å². The molecule has 6 rings (SSSR count). The number of aliphatic carboxylic acids is 1. The molecular weight excluding hydrogens is 778 g/mol. The standard InChI is InChI=1S/C33H43BrN9O2P.C2HF3O2/c1-5-21-19-27(32(45-2)41-28(21)22-11-17-43(18-12-22)23-7-6-13-35-14-10-23)40-33-38-20-24(34)31(42-33)39-26-9-8-25-29(37-16-15-36-25)30(26)46(3,4)44;3-2(4,5)1(6)7/h8-9,15-16,19-20,22-23,35H,5-7,10-14,17-18H2,1-4H3,(H2,38,39,40,42);(H,6,7). The molecule has 3 aromatic heterocycles. The minimum absolute atomic E-state index is 0.380. The zero-order valence-electron chi connectivity index (χ0n) is 30.0. The molecule has 0 spiro atoms. The first-order chi connectivity index (χ1) is 25.2. The average molecular weight is 823 g/mol. The summed E-state index contributed by atoms with van der Waals surface area (Å²) in [5.41, 5.74) is 5.02. The summed E-state index contributed by atoms with van der Waals surface area (Å²) in [5, 5.41) is 18.0. The summed E-state index contributed by atoms with van der Waals surface area (Å²) in [6, 6.07) is 6.55. The Labute approximate surface area is 314 Å². The lowest BCUT2D eigenvalue weighted by atomic mass is 9.88. The van der Waals surface area contributed by atoms with E-state index in [-0.39, 0.29) is 0 Å². The molecule has 2 aliphatic heterocycles. The predicted molar refractivity (Wildman–Crippen MR) is 203 cm³/mol. The highest BCUT2D eigenvalue weighted by Gasteiger charge is 2.38. The maximum atomic E-state index is 13.4. The summed E-state index contributed by atoms with van der Waals surface area (Å²) in [4.78, 5) is 34.8. The fourth-order valence-corrected chi connectivity index (χ4v) is 8.45. The maximum Gasteiger partial charge on any atom is 0.490 e. The topological polar surface area (TPSA) is 167 Å². The largest absolute Gasteiger partial charge is 0.490 e. The first-order valence-corrected chi connectivity index (χ1v) is 20.8. The number of likely N-dealkylation sites (tertiary alicyclic amines) is 1. The van der Waals surface area contributed by atoms with Crippen molar-refractivity contribution >= 4 is 68.5 Å². The number of fused-ring (bicyclic) bond motifs is 1. The van der Waals surface area contributed by atoms with E-state index in [4.69, 9.17) is 24.6 Å². The summed E-state index contributed by atoms with van der Waals surface area (Å²) < 4.78 is 51.6. The van der Waals surface area contributed by atoms with Crippen molar-refractivity contribution in [2.45, 2.75) is 63.6 Å². The Morgan fingerprint density at radius 2 is 1.77 bits per heavy atom. The molecule has 2 saturated heterocycles. The number of aryl methyl sites for hydroxylation is 1. The number of pyridine rings is 1. The van der Waals surface area contributed by atoms with Gasteiger partial charge in [-0.25, -0.2) is 14.8 Å². The number of ether oxygens (including phenoxy) is 1. The van der Waals surface area contributed by atoms with Crippen LogP contribution in [0, 0.1) is 0 Å². The molecule has 1 aromatic carbocycles. The van der Waals surface area contributed by atoms with Crippen LogP contribution in [0.2, 0.25) is 0 Å². The number of anilines is 4. The molecule has 13 nitrogen and oxygen atoms in total. The number of hydrogen-bond acceptors (Lipinski definition) is 12. The molecule has 0 aliphatic carbocycles. The van der Waals surface area contributed by atoms with Crippen LogP contribution in [-0.2, 0) is 15.8 Å². The number of hydrogen-bond donors (Lipinski definition) is 4. The number of rotatable bonds is 9. The molecule has 18 heteroatoms. The molecule has 2 fully saturated rings. The summed E-state index contributed by atoms with van der Waals surface area (Å²) >= 11 is 3.58. The highest BCUT2D eigenvalue weighted by atomic mass is 79.9. The van der Waals surface area contributed by atoms with Crippen LogP contribution in [0.5, 0.6) is 5.88 Å². The van der Waals surface area contributed by atoms with Crippen molar-refractivity contribution in [2.75, 3.05) is 57.3 Å². The monoisotopic (exact) mass is 821 g/mol. The van der Waals surface area contributed by atoms with Crippen molar-refractivity contribution in [3.63, 3.8) is 0 Å². The number of aromatic nitrogens is 5. The van der Waals surface area contributed by atoms with Gasteiger partial charge in [-0.15, -0.1) is 0 Å². The zero-order valence-corrected chi connectivity index (χ0v) is 32.5. The van der Waals surface area contributed by atoms with Gasteiger partial charge in [0.25, 0.3) is 0 Å². The van der Waals surface area contributed by atoms with E-state index in [9.17, 15) is 17.7 Å². The number of methoxy groups -OCH3 is 1. The average Bonchev–Trinajstić information content (AvgIpc) is 3.42. The Balaban J connectivity index is 0.000000705. The molecule has 286 valence electrons. The van der Waals surface area contributed by atoms with Crippen molar-refractivity contribution < 1.29 is 32.4 Å². The Morgan fingerprint density at radius 1 is 1.06 bits per heavy atom. The van der Waals surface area contributed by atoms with Gasteiger partial charge in [-0.3, -0.25) is 9.97 Å². The quantitative estimate of drug-likeness (QED) is 0.130. The van der Waals surface area contributed by atoms with Crippen LogP contribution in [0.3, 0.4) is 0 Å². The number of halogens is 4. The zero-order chi connectivity index (χ0) is 38.3. The van der Waals surface area contributed by atoms with Crippen molar-refractivity contribution in [3.05, 3.63) is 52.5 Å². The number of carbonyl (C=O) groups is 1. The van der Waals surface area contributed by atoms with E-state index >= 15 is 0 Å². The predicted octanol–water partition coefficient (Wildman–Crippen LogP) is 6.84. The first-order valence-electron chi connectivity index (χ1n) is 17.4. The summed E-state index contributed by atoms with van der Waals surface area (Å²) in [6.07, 6.45) is 6.71. The maximum absolute atomic E-state index is 13.4. The first kappa shape index (κ1) is 40.3. The van der Waals surface area contributed by atoms with E-state index < -0.39 is 19.3 Å². The summed E-state index contributed by atoms with van der Waals surface area (Å²) in [5.74, 6) is -0.922. The van der Waals surface area contributed by atoms with Gasteiger partial charge in [0, 0.05) is 30.6 Å². The second-order valence-corrected chi connectivity index (χ2v) is 17.3. The normalized spacial score (nSPS) is 17.4. The Kier molecular flexibility index (Phi) is 13.3. The van der Waals surface area contributed by atoms with Crippen molar-refractivity contribution in [1.82, 2.24) is 35.1 Å². The number of nitrogens with one attached hydrogen (secondary N) is 3. The third-order valence-corrected chi connectivity index (χ3v) is 11.4. The molecule has 0 saturated carbocycles. The molecule has 5 heterocycles. The van der Waals surface area contributed by atoms with Gasteiger partial charge in [0.15, 0.2) is 0 Å². The molecule has 2 aliphatic rings. The molecule has 4 aromatic rings. The Morgan fingerprint density at radius 3 is 2.43 bits per heavy atom. The molecular formula is C35H44BrF3N9O4P. The Hall–Kier alpha value is -3.92. The SMILES string of the molecule is CCc1cc(Nc2ncc(Br)c(Nc3ccc4nccnc4c3P(C)(C)=O)n2)c(OC)nc1C1CCN(C2CCCNCC2)CC1.O=C(O)C(F)(F)F. The molecule has 0 radical (unpaired) electrons. The van der Waals surface area contributed by atoms with E-state index in [2.05, 4.69) is 64.7 Å². The van der Waals surface area contributed by atoms with Gasteiger partial charge in [-0.05, 0) is 118 Å². The fourth-order valence-electron chi connectivity index (χ4n) is 6.77. The number of nitrogens with zero attached hydrogens (tertiary/aromatic N) is 6. The van der Waals surface area contributed by atoms with Gasteiger partial charge in [0.1, 0.15) is 24.2 Å². The van der Waals surface area contributed by atoms with Gasteiger partial charge in [-0.1, -0.05) is 6.92 Å². The van der Waals surface area contributed by atoms with Crippen LogP contribution < -0.4 is 26.0 Å². The number of piperidine rings is 1. The molecule has 53 heavy (non-hydrogen) atoms. The van der Waals surface area contributed by atoms with E-state index in [1.807, 2.05) is 12.1 Å². The van der Waals surface area contributed by atoms with Crippen LogP contribution in [0.25, 0.3) is 11.0 Å². The van der Waals surface area contributed by atoms with Gasteiger partial charge < -0.3 is 35.3 Å². The molecule has 0 amide bonds. The Bertz CT molecular complexity index is 1950. The lowest BCUT2D eigenvalue weighted by molar-refractivity contribution is -0.192. The van der Waals surface area contributed by atoms with Crippen LogP contribution in [0.1, 0.15) is 56.2 Å². The van der Waals surface area contributed by atoms with Crippen LogP contribution in [0.15, 0.2) is 41.3 Å². The smallest absolute Gasteiger partial charge is 0.480 e. The lowest BCUT2D eigenvalue weighted by Crippen LogP contribution is -2.41. The minimum atomic E-state index is -5.08. The number of carboxylic acid groups (broad SMARTS) is 1. The third-order valence-electron chi connectivity index (χ3n) is 9.29. The number of alkyl halides is 3. The van der Waals surface area contributed by atoms with Crippen molar-refractivity contribution in [2.24, 2.45) is 0 Å². The molecule has 1 unspecified atom stereocenters.